The van der Waals surface area contributed by atoms with Crippen LogP contribution >= 0.6 is 0 Å². The third-order valence-electron chi connectivity index (χ3n) is 2.78. The number of alkyl halides is 2. The van der Waals surface area contributed by atoms with Gasteiger partial charge in [-0.05, 0) is 45.6 Å². The van der Waals surface area contributed by atoms with Gasteiger partial charge in [-0.15, -0.1) is 0 Å². The Hall–Kier alpha value is -1.21. The smallest absolute Gasteiger partial charge is 0.341 e. The highest BCUT2D eigenvalue weighted by atomic mass is 32.2. The fourth-order valence-electron chi connectivity index (χ4n) is 1.73. The summed E-state index contributed by atoms with van der Waals surface area (Å²) in [6.07, 6.45) is 1.78. The minimum absolute atomic E-state index is 0.234. The summed E-state index contributed by atoms with van der Waals surface area (Å²) in [7, 11) is -0.627. The topological polar surface area (TPSA) is 49.4 Å². The molecule has 0 unspecified atom stereocenters. The average molecular weight is 306 g/mol. The third-order valence-corrected chi connectivity index (χ3v) is 4.21. The molecule has 4 nitrogen and oxygen atoms in total. The zero-order chi connectivity index (χ0) is 15.2. The van der Waals surface area contributed by atoms with Crippen LogP contribution in [0.4, 0.5) is 14.5 Å². The van der Waals surface area contributed by atoms with Gasteiger partial charge in [-0.3, -0.25) is 0 Å². The van der Waals surface area contributed by atoms with Crippen molar-refractivity contribution in [2.24, 2.45) is 0 Å². The summed E-state index contributed by atoms with van der Waals surface area (Å²) in [5, 5.41) is 2.92. The molecule has 1 aromatic carbocycles. The molecular weight excluding hydrogens is 286 g/mol. The molecule has 0 aliphatic rings. The van der Waals surface area contributed by atoms with Crippen molar-refractivity contribution in [2.75, 3.05) is 32.5 Å². The lowest BCUT2D eigenvalue weighted by molar-refractivity contribution is 0.235. The molecule has 20 heavy (non-hydrogen) atoms. The van der Waals surface area contributed by atoms with Crippen molar-refractivity contribution in [1.29, 1.82) is 0 Å². The number of para-hydroxylation sites is 1. The van der Waals surface area contributed by atoms with E-state index in [0.717, 1.165) is 19.4 Å². The number of hydrogen-bond acceptors (Lipinski definition) is 4. The second-order valence-electron chi connectivity index (χ2n) is 4.74. The summed E-state index contributed by atoms with van der Waals surface area (Å²) in [6, 6.07) is 5.75. The molecule has 0 aliphatic carbocycles. The Bertz CT molecular complexity index is 519. The monoisotopic (exact) mass is 306 g/mol. The number of anilines is 1. The van der Waals surface area contributed by atoms with Crippen LogP contribution in [0, 0.1) is 0 Å². The first-order valence-corrected chi connectivity index (χ1v) is 7.90. The van der Waals surface area contributed by atoms with Crippen molar-refractivity contribution in [3.63, 3.8) is 0 Å². The van der Waals surface area contributed by atoms with E-state index in [9.17, 15) is 17.2 Å². The molecule has 0 aliphatic heterocycles. The zero-order valence-electron chi connectivity index (χ0n) is 11.6. The second-order valence-corrected chi connectivity index (χ2v) is 6.63. The number of nitrogens with one attached hydrogen (secondary N) is 1. The van der Waals surface area contributed by atoms with Gasteiger partial charge >= 0.3 is 5.76 Å². The van der Waals surface area contributed by atoms with Crippen LogP contribution < -0.4 is 5.32 Å². The first kappa shape index (κ1) is 16.8. The molecule has 1 N–H and O–H groups in total. The van der Waals surface area contributed by atoms with E-state index in [4.69, 9.17) is 0 Å². The molecule has 0 atom stereocenters. The number of hydrogen-bond donors (Lipinski definition) is 1. The van der Waals surface area contributed by atoms with Crippen molar-refractivity contribution < 1.29 is 17.2 Å². The molecule has 1 rings (SSSR count). The molecule has 0 amide bonds. The summed E-state index contributed by atoms with van der Waals surface area (Å²) in [5.74, 6) is -3.40. The lowest BCUT2D eigenvalue weighted by atomic mass is 10.2. The van der Waals surface area contributed by atoms with E-state index in [-0.39, 0.29) is 10.6 Å². The molecule has 1 aromatic rings. The normalized spacial score (nSPS) is 12.1. The van der Waals surface area contributed by atoms with Crippen LogP contribution in [0.25, 0.3) is 0 Å². The van der Waals surface area contributed by atoms with Gasteiger partial charge in [0.05, 0.1) is 10.6 Å². The molecular formula is C13H20F2N2O2S. The molecule has 0 spiro atoms. The summed E-state index contributed by atoms with van der Waals surface area (Å²) in [5.41, 5.74) is 0.234. The maximum atomic E-state index is 12.6. The van der Waals surface area contributed by atoms with Crippen LogP contribution in [0.15, 0.2) is 29.2 Å². The largest absolute Gasteiger partial charge is 0.384 e. The Labute approximate surface area is 118 Å². The molecule has 0 heterocycles. The molecule has 114 valence electrons. The standard InChI is InChI=1S/C13H20F2N2O2S/c1-17(2)10-6-5-9-16-11-7-3-4-8-12(11)20(18,19)13(14)15/h3-4,7-8,13,16H,5-6,9-10H2,1-2H3. The first-order chi connectivity index (χ1) is 9.35. The maximum absolute atomic E-state index is 12.6. The number of sulfone groups is 1. The van der Waals surface area contributed by atoms with Crippen LogP contribution in [0.1, 0.15) is 12.8 Å². The minimum atomic E-state index is -4.57. The molecule has 0 radical (unpaired) electrons. The predicted octanol–water partition coefficient (Wildman–Crippen LogP) is 2.44. The van der Waals surface area contributed by atoms with E-state index in [1.807, 2.05) is 14.1 Å². The Balaban J connectivity index is 2.68. The van der Waals surface area contributed by atoms with Gasteiger partial charge in [0.1, 0.15) is 0 Å². The first-order valence-electron chi connectivity index (χ1n) is 6.35. The molecule has 0 saturated carbocycles. The van der Waals surface area contributed by atoms with Crippen molar-refractivity contribution in [2.45, 2.75) is 23.5 Å². The van der Waals surface area contributed by atoms with E-state index >= 15 is 0 Å². The molecule has 0 aromatic heterocycles. The number of nitrogens with zero attached hydrogens (tertiary/aromatic N) is 1. The highest BCUT2D eigenvalue weighted by Crippen LogP contribution is 2.25. The maximum Gasteiger partial charge on any atom is 0.341 e. The van der Waals surface area contributed by atoms with Gasteiger partial charge in [-0.25, -0.2) is 8.42 Å². The second kappa shape index (κ2) is 7.54. The summed E-state index contributed by atoms with van der Waals surface area (Å²) in [6.45, 7) is 1.47. The molecule has 7 heteroatoms. The fraction of sp³-hybridized carbons (Fsp3) is 0.538. The molecule has 0 fully saturated rings. The summed E-state index contributed by atoms with van der Waals surface area (Å²) in [4.78, 5) is 1.71. The van der Waals surface area contributed by atoms with E-state index in [1.54, 1.807) is 6.07 Å². The Morgan fingerprint density at radius 3 is 2.45 bits per heavy atom. The van der Waals surface area contributed by atoms with Crippen LogP contribution in [0.2, 0.25) is 0 Å². The van der Waals surface area contributed by atoms with Crippen molar-refractivity contribution >= 4 is 15.5 Å². The summed E-state index contributed by atoms with van der Waals surface area (Å²) < 4.78 is 48.2. The van der Waals surface area contributed by atoms with Crippen LogP contribution in [-0.4, -0.2) is 46.3 Å². The number of unbranched alkanes of at least 4 members (excludes halogenated alkanes) is 1. The van der Waals surface area contributed by atoms with Crippen LogP contribution in [0.5, 0.6) is 0 Å². The van der Waals surface area contributed by atoms with Gasteiger partial charge < -0.3 is 10.2 Å². The lowest BCUT2D eigenvalue weighted by Crippen LogP contribution is -2.16. The van der Waals surface area contributed by atoms with Crippen LogP contribution in [0.3, 0.4) is 0 Å². The van der Waals surface area contributed by atoms with Gasteiger partial charge in [0, 0.05) is 6.54 Å². The van der Waals surface area contributed by atoms with Crippen molar-refractivity contribution in [3.8, 4) is 0 Å². The minimum Gasteiger partial charge on any atom is -0.384 e. The van der Waals surface area contributed by atoms with Gasteiger partial charge in [0.2, 0.25) is 9.84 Å². The third kappa shape index (κ3) is 4.72. The predicted molar refractivity (Wildman–Crippen MR) is 75.9 cm³/mol. The zero-order valence-corrected chi connectivity index (χ0v) is 12.5. The van der Waals surface area contributed by atoms with E-state index in [2.05, 4.69) is 10.2 Å². The number of benzene rings is 1. The highest BCUT2D eigenvalue weighted by Gasteiger charge is 2.28. The van der Waals surface area contributed by atoms with Gasteiger partial charge in [-0.2, -0.15) is 8.78 Å². The van der Waals surface area contributed by atoms with E-state index < -0.39 is 15.6 Å². The van der Waals surface area contributed by atoms with Gasteiger partial charge in [0.25, 0.3) is 0 Å². The SMILES string of the molecule is CN(C)CCCCNc1ccccc1S(=O)(=O)C(F)F. The van der Waals surface area contributed by atoms with Crippen LogP contribution in [-0.2, 0) is 9.84 Å². The Morgan fingerprint density at radius 2 is 1.85 bits per heavy atom. The molecule has 0 saturated heterocycles. The van der Waals surface area contributed by atoms with Gasteiger partial charge in [0.15, 0.2) is 0 Å². The van der Waals surface area contributed by atoms with Crippen molar-refractivity contribution in [1.82, 2.24) is 4.90 Å². The van der Waals surface area contributed by atoms with Crippen molar-refractivity contribution in [3.05, 3.63) is 24.3 Å². The molecule has 0 bridgehead atoms. The lowest BCUT2D eigenvalue weighted by Gasteiger charge is -2.13. The number of halogens is 2. The fourth-order valence-corrected chi connectivity index (χ4v) is 2.64. The summed E-state index contributed by atoms with van der Waals surface area (Å²) >= 11 is 0. The highest BCUT2D eigenvalue weighted by molar-refractivity contribution is 7.91. The quantitative estimate of drug-likeness (QED) is 0.750. The Kier molecular flexibility index (Phi) is 6.35. The number of rotatable bonds is 8. The Morgan fingerprint density at radius 1 is 1.20 bits per heavy atom. The van der Waals surface area contributed by atoms with E-state index in [1.165, 1.54) is 18.2 Å². The van der Waals surface area contributed by atoms with E-state index in [0.29, 0.717) is 6.54 Å². The average Bonchev–Trinajstić information content (AvgIpc) is 2.38. The van der Waals surface area contributed by atoms with Gasteiger partial charge in [-0.1, -0.05) is 12.1 Å².